The van der Waals surface area contributed by atoms with E-state index in [0.717, 1.165) is 11.1 Å². The summed E-state index contributed by atoms with van der Waals surface area (Å²) in [5.74, 6) is -0.253. The van der Waals surface area contributed by atoms with Crippen molar-refractivity contribution in [2.45, 2.75) is 18.7 Å². The molecule has 0 atom stereocenters. The van der Waals surface area contributed by atoms with Crippen molar-refractivity contribution >= 4 is 38.4 Å². The maximum Gasteiger partial charge on any atom is 0.265 e. The van der Waals surface area contributed by atoms with Crippen LogP contribution in [0.2, 0.25) is 0 Å². The molecule has 0 saturated carbocycles. The number of aryl methyl sites for hydroxylation is 2. The van der Waals surface area contributed by atoms with Crippen LogP contribution in [-0.4, -0.2) is 26.4 Å². The maximum absolute atomic E-state index is 13.2. The Morgan fingerprint density at radius 2 is 1.78 bits per heavy atom. The number of hydrogen-bond donors (Lipinski definition) is 2. The lowest BCUT2D eigenvalue weighted by molar-refractivity contribution is 0.102. The second-order valence-corrected chi connectivity index (χ2v) is 8.88. The fraction of sp³-hybridized carbons (Fsp3) is 0.130. The van der Waals surface area contributed by atoms with E-state index in [2.05, 4.69) is 15.0 Å². The number of rotatable bonds is 6. The molecule has 0 radical (unpaired) electrons. The minimum absolute atomic E-state index is 0.0904. The van der Waals surface area contributed by atoms with Crippen molar-refractivity contribution in [2.75, 3.05) is 17.1 Å². The summed E-state index contributed by atoms with van der Waals surface area (Å²) >= 11 is 0. The Balaban J connectivity index is 1.65. The Bertz CT molecular complexity index is 1410. The first kappa shape index (κ1) is 21.4. The van der Waals surface area contributed by atoms with Gasteiger partial charge in [0.05, 0.1) is 12.8 Å². The van der Waals surface area contributed by atoms with Crippen LogP contribution in [0.5, 0.6) is 5.75 Å². The first-order chi connectivity index (χ1) is 15.3. The number of carbonyl (C=O) groups is 1. The molecule has 0 unspecified atom stereocenters. The van der Waals surface area contributed by atoms with Crippen LogP contribution in [0.1, 0.15) is 21.5 Å². The summed E-state index contributed by atoms with van der Waals surface area (Å²) < 4.78 is 39.5. The number of nitrogens with zero attached hydrogens (tertiary/aromatic N) is 1. The summed E-state index contributed by atoms with van der Waals surface area (Å²) in [4.78, 5) is 16.7. The zero-order valence-corrected chi connectivity index (χ0v) is 18.5. The molecule has 0 saturated heterocycles. The van der Waals surface area contributed by atoms with Gasteiger partial charge in [-0.1, -0.05) is 18.2 Å². The predicted octanol–water partition coefficient (Wildman–Crippen LogP) is 4.51. The summed E-state index contributed by atoms with van der Waals surface area (Å²) in [5.41, 5.74) is 3.87. The van der Waals surface area contributed by atoms with Crippen LogP contribution < -0.4 is 14.8 Å². The molecule has 4 rings (SSSR count). The van der Waals surface area contributed by atoms with E-state index in [4.69, 9.17) is 9.15 Å². The van der Waals surface area contributed by atoms with Gasteiger partial charge >= 0.3 is 0 Å². The zero-order chi connectivity index (χ0) is 22.9. The minimum Gasteiger partial charge on any atom is -0.495 e. The molecule has 8 nitrogen and oxygen atoms in total. The van der Waals surface area contributed by atoms with Gasteiger partial charge in [0.2, 0.25) is 0 Å². The van der Waals surface area contributed by atoms with Crippen molar-refractivity contribution in [3.63, 3.8) is 0 Å². The number of nitrogens with one attached hydrogen (secondary N) is 2. The first-order valence-corrected chi connectivity index (χ1v) is 11.2. The van der Waals surface area contributed by atoms with E-state index in [1.54, 1.807) is 24.3 Å². The number of sulfonamides is 1. The van der Waals surface area contributed by atoms with Crippen LogP contribution in [-0.2, 0) is 10.0 Å². The molecule has 0 spiro atoms. The van der Waals surface area contributed by atoms with Gasteiger partial charge in [0.15, 0.2) is 12.0 Å². The largest absolute Gasteiger partial charge is 0.495 e. The number of fused-ring (bicyclic) bond motifs is 1. The summed E-state index contributed by atoms with van der Waals surface area (Å²) in [5, 5.41) is 2.72. The highest BCUT2D eigenvalue weighted by atomic mass is 32.2. The van der Waals surface area contributed by atoms with Gasteiger partial charge < -0.3 is 14.5 Å². The van der Waals surface area contributed by atoms with Crippen molar-refractivity contribution in [1.82, 2.24) is 4.98 Å². The standard InChI is InChI=1S/C23H21N3O5S/c1-14-5-4-6-15(2)22(14)26-32(28,29)21-12-17(8-10-20(21)30-3)25-23(27)16-7-9-19-18(11-16)24-13-31-19/h4-13,26H,1-3H3,(H,25,27). The average Bonchev–Trinajstić information content (AvgIpc) is 3.24. The fourth-order valence-corrected chi connectivity index (χ4v) is 4.73. The average molecular weight is 452 g/mol. The molecule has 4 aromatic rings. The molecule has 2 N–H and O–H groups in total. The summed E-state index contributed by atoms with van der Waals surface area (Å²) in [6.07, 6.45) is 1.30. The van der Waals surface area contributed by atoms with Gasteiger partial charge in [-0.2, -0.15) is 0 Å². The van der Waals surface area contributed by atoms with Crippen molar-refractivity contribution in [2.24, 2.45) is 0 Å². The number of benzene rings is 3. The lowest BCUT2D eigenvalue weighted by atomic mass is 10.1. The summed E-state index contributed by atoms with van der Waals surface area (Å²) in [7, 11) is -2.61. The maximum atomic E-state index is 13.2. The van der Waals surface area contributed by atoms with Crippen LogP contribution in [0.25, 0.3) is 11.1 Å². The Labute approximate surface area is 185 Å². The van der Waals surface area contributed by atoms with Crippen LogP contribution in [0.4, 0.5) is 11.4 Å². The fourth-order valence-electron chi connectivity index (χ4n) is 3.33. The van der Waals surface area contributed by atoms with E-state index in [0.29, 0.717) is 28.0 Å². The molecule has 164 valence electrons. The van der Waals surface area contributed by atoms with E-state index in [1.165, 1.54) is 25.6 Å². The molecule has 0 aliphatic carbocycles. The van der Waals surface area contributed by atoms with Crippen molar-refractivity contribution in [3.05, 3.63) is 77.7 Å². The van der Waals surface area contributed by atoms with Gasteiger partial charge in [0.25, 0.3) is 15.9 Å². The molecule has 0 aliphatic heterocycles. The number of anilines is 2. The molecule has 0 aliphatic rings. The third-order valence-corrected chi connectivity index (χ3v) is 6.39. The summed E-state index contributed by atoms with van der Waals surface area (Å²) in [6.45, 7) is 3.65. The molecular formula is C23H21N3O5S. The number of carbonyl (C=O) groups excluding carboxylic acids is 1. The van der Waals surface area contributed by atoms with Gasteiger partial charge in [-0.3, -0.25) is 9.52 Å². The van der Waals surface area contributed by atoms with Crippen LogP contribution in [0, 0.1) is 13.8 Å². The van der Waals surface area contributed by atoms with Crippen LogP contribution in [0.3, 0.4) is 0 Å². The second-order valence-electron chi connectivity index (χ2n) is 7.23. The normalized spacial score (nSPS) is 11.3. The van der Waals surface area contributed by atoms with E-state index in [1.807, 2.05) is 32.0 Å². The highest BCUT2D eigenvalue weighted by molar-refractivity contribution is 7.92. The minimum atomic E-state index is -3.99. The Hall–Kier alpha value is -3.85. The molecule has 0 bridgehead atoms. The molecule has 1 aromatic heterocycles. The molecule has 32 heavy (non-hydrogen) atoms. The van der Waals surface area contributed by atoms with E-state index < -0.39 is 15.9 Å². The number of ether oxygens (including phenoxy) is 1. The Morgan fingerprint density at radius 3 is 2.50 bits per heavy atom. The number of aromatic nitrogens is 1. The Morgan fingerprint density at radius 1 is 1.03 bits per heavy atom. The van der Waals surface area contributed by atoms with E-state index >= 15 is 0 Å². The zero-order valence-electron chi connectivity index (χ0n) is 17.7. The van der Waals surface area contributed by atoms with Gasteiger partial charge in [-0.25, -0.2) is 13.4 Å². The highest BCUT2D eigenvalue weighted by Crippen LogP contribution is 2.31. The smallest absolute Gasteiger partial charge is 0.265 e. The van der Waals surface area contributed by atoms with Crippen molar-refractivity contribution in [3.8, 4) is 5.75 Å². The Kier molecular flexibility index (Phi) is 5.58. The van der Waals surface area contributed by atoms with Gasteiger partial charge in [-0.15, -0.1) is 0 Å². The first-order valence-electron chi connectivity index (χ1n) is 9.70. The van der Waals surface area contributed by atoms with Crippen LogP contribution in [0.15, 0.2) is 70.3 Å². The SMILES string of the molecule is COc1ccc(NC(=O)c2ccc3ocnc3c2)cc1S(=O)(=O)Nc1c(C)cccc1C. The highest BCUT2D eigenvalue weighted by Gasteiger charge is 2.22. The number of para-hydroxylation sites is 1. The lowest BCUT2D eigenvalue weighted by Gasteiger charge is -2.16. The molecule has 9 heteroatoms. The van der Waals surface area contributed by atoms with Crippen molar-refractivity contribution < 1.29 is 22.4 Å². The molecule has 3 aromatic carbocycles. The topological polar surface area (TPSA) is 111 Å². The lowest BCUT2D eigenvalue weighted by Crippen LogP contribution is -2.17. The molecule has 1 amide bonds. The number of oxazole rings is 1. The molecule has 1 heterocycles. The number of methoxy groups -OCH3 is 1. The van der Waals surface area contributed by atoms with Gasteiger partial charge in [0, 0.05) is 11.3 Å². The van der Waals surface area contributed by atoms with E-state index in [9.17, 15) is 13.2 Å². The van der Waals surface area contributed by atoms with Gasteiger partial charge in [0.1, 0.15) is 16.2 Å². The third kappa shape index (κ3) is 4.15. The quantitative estimate of drug-likeness (QED) is 0.446. The number of amides is 1. The third-order valence-electron chi connectivity index (χ3n) is 5.02. The van der Waals surface area contributed by atoms with Crippen molar-refractivity contribution in [1.29, 1.82) is 0 Å². The van der Waals surface area contributed by atoms with Gasteiger partial charge in [-0.05, 0) is 61.4 Å². The van der Waals surface area contributed by atoms with E-state index in [-0.39, 0.29) is 10.6 Å². The molecular weight excluding hydrogens is 430 g/mol. The van der Waals surface area contributed by atoms with Crippen LogP contribution >= 0.6 is 0 Å². The monoisotopic (exact) mass is 451 g/mol. The molecule has 0 fully saturated rings. The number of hydrogen-bond acceptors (Lipinski definition) is 6. The second kappa shape index (κ2) is 8.35. The summed E-state index contributed by atoms with van der Waals surface area (Å²) in [6, 6.07) is 14.8. The predicted molar refractivity (Wildman–Crippen MR) is 122 cm³/mol.